The van der Waals surface area contributed by atoms with Crippen molar-refractivity contribution in [2.75, 3.05) is 6.61 Å². The van der Waals surface area contributed by atoms with Gasteiger partial charge in [-0.3, -0.25) is 0 Å². The number of phenolic OH excluding ortho intramolecular Hbond substituents is 3. The van der Waals surface area contributed by atoms with Gasteiger partial charge in [-0.25, -0.2) is 4.39 Å². The van der Waals surface area contributed by atoms with Crippen LogP contribution in [0.3, 0.4) is 0 Å². The summed E-state index contributed by atoms with van der Waals surface area (Å²) in [5, 5.41) is 30.5. The van der Waals surface area contributed by atoms with Gasteiger partial charge in [0.25, 0.3) is 0 Å². The molecule has 1 aliphatic heterocycles. The van der Waals surface area contributed by atoms with Gasteiger partial charge in [0, 0.05) is 33.9 Å². The first-order valence-corrected chi connectivity index (χ1v) is 10.2. The summed E-state index contributed by atoms with van der Waals surface area (Å²) in [6, 6.07) is 9.67. The highest BCUT2D eigenvalue weighted by Crippen LogP contribution is 2.47. The first kappa shape index (κ1) is 20.8. The van der Waals surface area contributed by atoms with Gasteiger partial charge in [-0.2, -0.15) is 0 Å². The van der Waals surface area contributed by atoms with E-state index in [-0.39, 0.29) is 23.9 Å². The number of benzene rings is 3. The molecule has 0 saturated carbocycles. The van der Waals surface area contributed by atoms with Crippen LogP contribution in [-0.4, -0.2) is 21.9 Å². The summed E-state index contributed by atoms with van der Waals surface area (Å²) in [4.78, 5) is 0. The first-order valence-electron chi connectivity index (χ1n) is 10.2. The summed E-state index contributed by atoms with van der Waals surface area (Å²) < 4.78 is 21.2. The Balaban J connectivity index is 2.10. The number of aromatic hydroxyl groups is 3. The van der Waals surface area contributed by atoms with Gasteiger partial charge in [-0.05, 0) is 79.8 Å². The van der Waals surface area contributed by atoms with Crippen molar-refractivity contribution in [2.45, 2.75) is 34.1 Å². The van der Waals surface area contributed by atoms with E-state index in [0.29, 0.717) is 34.4 Å². The van der Waals surface area contributed by atoms with E-state index in [0.717, 1.165) is 33.9 Å². The van der Waals surface area contributed by atoms with E-state index in [4.69, 9.17) is 4.74 Å². The molecule has 3 aromatic rings. The summed E-state index contributed by atoms with van der Waals surface area (Å²) in [7, 11) is 0. The average molecular weight is 420 g/mol. The molecule has 160 valence electrons. The third-order valence-corrected chi connectivity index (χ3v) is 5.94. The van der Waals surface area contributed by atoms with Crippen molar-refractivity contribution >= 4 is 11.1 Å². The van der Waals surface area contributed by atoms with Crippen LogP contribution >= 0.6 is 0 Å². The predicted molar refractivity (Wildman–Crippen MR) is 119 cm³/mol. The smallest absolute Gasteiger partial charge is 0.134 e. The van der Waals surface area contributed by atoms with Gasteiger partial charge < -0.3 is 20.1 Å². The molecule has 0 aromatic heterocycles. The lowest BCUT2D eigenvalue weighted by Crippen LogP contribution is -2.14. The molecule has 5 heteroatoms. The first-order chi connectivity index (χ1) is 14.7. The van der Waals surface area contributed by atoms with Crippen LogP contribution in [0.4, 0.5) is 4.39 Å². The van der Waals surface area contributed by atoms with Gasteiger partial charge in [0.05, 0.1) is 0 Å². The fourth-order valence-corrected chi connectivity index (χ4v) is 4.25. The zero-order chi connectivity index (χ0) is 22.4. The number of phenols is 3. The molecule has 1 heterocycles. The number of aryl methyl sites for hydroxylation is 3. The second-order valence-corrected chi connectivity index (χ2v) is 8.00. The Morgan fingerprint density at radius 3 is 2.19 bits per heavy atom. The minimum absolute atomic E-state index is 0.150. The molecule has 0 amide bonds. The van der Waals surface area contributed by atoms with Crippen LogP contribution in [0.15, 0.2) is 36.4 Å². The Hall–Kier alpha value is -3.47. The highest BCUT2D eigenvalue weighted by atomic mass is 19.1. The molecule has 0 unspecified atom stereocenters. The van der Waals surface area contributed by atoms with Gasteiger partial charge >= 0.3 is 0 Å². The average Bonchev–Trinajstić information content (AvgIpc) is 2.73. The van der Waals surface area contributed by atoms with Gasteiger partial charge in [0.2, 0.25) is 0 Å². The summed E-state index contributed by atoms with van der Waals surface area (Å²) in [5.41, 5.74) is 6.08. The lowest BCUT2D eigenvalue weighted by atomic mass is 9.84. The molecule has 0 fully saturated rings. The standard InChI is InChI=1S/C26H25FO4/c1-5-16-10-20-23(19-7-6-18(28)11-22(19)27)21(12-31-26(20)15(4)25(16)30)17-8-13(2)24(29)14(3)9-17/h6-11,28-30H,5,12H2,1-4H3. The molecule has 1 aliphatic rings. The molecular weight excluding hydrogens is 395 g/mol. The number of hydrogen-bond donors (Lipinski definition) is 3. The Bertz CT molecular complexity index is 1220. The maximum absolute atomic E-state index is 15.1. The maximum Gasteiger partial charge on any atom is 0.134 e. The summed E-state index contributed by atoms with van der Waals surface area (Å²) >= 11 is 0. The molecule has 0 atom stereocenters. The molecule has 3 N–H and O–H groups in total. The lowest BCUT2D eigenvalue weighted by molar-refractivity contribution is 0.357. The van der Waals surface area contributed by atoms with Crippen LogP contribution in [0, 0.1) is 26.6 Å². The fraction of sp³-hybridized carbons (Fsp3) is 0.231. The maximum atomic E-state index is 15.1. The molecular formula is C26H25FO4. The number of fused-ring (bicyclic) bond motifs is 1. The highest BCUT2D eigenvalue weighted by molar-refractivity contribution is 6.02. The van der Waals surface area contributed by atoms with E-state index < -0.39 is 5.82 Å². The third kappa shape index (κ3) is 3.40. The number of halogens is 1. The van der Waals surface area contributed by atoms with Crippen molar-refractivity contribution in [2.24, 2.45) is 0 Å². The minimum atomic E-state index is -0.545. The zero-order valence-corrected chi connectivity index (χ0v) is 18.0. The van der Waals surface area contributed by atoms with Crippen molar-refractivity contribution in [1.82, 2.24) is 0 Å². The van der Waals surface area contributed by atoms with Crippen molar-refractivity contribution < 1.29 is 24.4 Å². The zero-order valence-electron chi connectivity index (χ0n) is 18.0. The number of rotatable bonds is 3. The Morgan fingerprint density at radius 2 is 1.58 bits per heavy atom. The van der Waals surface area contributed by atoms with Crippen LogP contribution in [-0.2, 0) is 6.42 Å². The monoisotopic (exact) mass is 420 g/mol. The van der Waals surface area contributed by atoms with Gasteiger partial charge in [0.15, 0.2) is 0 Å². The van der Waals surface area contributed by atoms with E-state index in [9.17, 15) is 15.3 Å². The second-order valence-electron chi connectivity index (χ2n) is 8.00. The van der Waals surface area contributed by atoms with Crippen molar-refractivity contribution in [1.29, 1.82) is 0 Å². The molecule has 31 heavy (non-hydrogen) atoms. The Kier molecular flexibility index (Phi) is 5.13. The number of hydrogen-bond acceptors (Lipinski definition) is 4. The normalized spacial score (nSPS) is 13.2. The largest absolute Gasteiger partial charge is 0.508 e. The van der Waals surface area contributed by atoms with E-state index >= 15 is 4.39 Å². The Morgan fingerprint density at radius 1 is 0.903 bits per heavy atom. The number of ether oxygens (including phenoxy) is 1. The van der Waals surface area contributed by atoms with Crippen LogP contribution in [0.2, 0.25) is 0 Å². The SMILES string of the molecule is CCc1cc2c(c(C)c1O)OCC(c1cc(C)c(O)c(C)c1)=C2c1ccc(O)cc1F. The Labute approximate surface area is 180 Å². The topological polar surface area (TPSA) is 69.9 Å². The molecule has 0 spiro atoms. The summed E-state index contributed by atoms with van der Waals surface area (Å²) in [6.07, 6.45) is 0.609. The lowest BCUT2D eigenvalue weighted by Gasteiger charge is -2.28. The van der Waals surface area contributed by atoms with Crippen LogP contribution in [0.1, 0.15) is 45.9 Å². The minimum Gasteiger partial charge on any atom is -0.508 e. The molecule has 3 aromatic carbocycles. The van der Waals surface area contributed by atoms with Gasteiger partial charge in [0.1, 0.15) is 35.4 Å². The molecule has 0 radical (unpaired) electrons. The molecule has 4 rings (SSSR count). The highest BCUT2D eigenvalue weighted by Gasteiger charge is 2.28. The second kappa shape index (κ2) is 7.65. The van der Waals surface area contributed by atoms with E-state index in [1.54, 1.807) is 13.0 Å². The molecule has 4 nitrogen and oxygen atoms in total. The third-order valence-electron chi connectivity index (χ3n) is 5.94. The predicted octanol–water partition coefficient (Wildman–Crippen LogP) is 5.78. The van der Waals surface area contributed by atoms with Crippen LogP contribution < -0.4 is 4.74 Å². The van der Waals surface area contributed by atoms with Crippen molar-refractivity contribution in [3.63, 3.8) is 0 Å². The van der Waals surface area contributed by atoms with Crippen LogP contribution in [0.25, 0.3) is 11.1 Å². The van der Waals surface area contributed by atoms with Gasteiger partial charge in [-0.1, -0.05) is 6.92 Å². The van der Waals surface area contributed by atoms with E-state index in [2.05, 4.69) is 0 Å². The van der Waals surface area contributed by atoms with Crippen molar-refractivity contribution in [3.8, 4) is 23.0 Å². The van der Waals surface area contributed by atoms with Crippen LogP contribution in [0.5, 0.6) is 23.0 Å². The fourth-order valence-electron chi connectivity index (χ4n) is 4.25. The van der Waals surface area contributed by atoms with E-state index in [1.165, 1.54) is 6.07 Å². The molecule has 0 saturated heterocycles. The summed E-state index contributed by atoms with van der Waals surface area (Å²) in [5.74, 6) is 0.243. The van der Waals surface area contributed by atoms with E-state index in [1.807, 2.05) is 39.0 Å². The van der Waals surface area contributed by atoms with Crippen molar-refractivity contribution in [3.05, 3.63) is 81.2 Å². The summed E-state index contributed by atoms with van der Waals surface area (Å²) in [6.45, 7) is 7.56. The quantitative estimate of drug-likeness (QED) is 0.502. The molecule has 0 aliphatic carbocycles. The molecule has 0 bridgehead atoms. The van der Waals surface area contributed by atoms with Gasteiger partial charge in [-0.15, -0.1) is 0 Å².